The van der Waals surface area contributed by atoms with E-state index >= 15 is 0 Å². The number of nitrogen functional groups attached to an aromatic ring is 1. The normalized spacial score (nSPS) is 10.8. The Kier molecular flexibility index (Phi) is 1.30. The van der Waals surface area contributed by atoms with E-state index in [2.05, 4.69) is 5.10 Å². The third-order valence-electron chi connectivity index (χ3n) is 1.81. The number of nitrogens with zero attached hydrogens (tertiary/aromatic N) is 2. The summed E-state index contributed by atoms with van der Waals surface area (Å²) in [5.74, 6) is -0.329. The number of hydrogen-bond acceptors (Lipinski definition) is 2. The third-order valence-corrected chi connectivity index (χ3v) is 1.81. The molecule has 2 aromatic rings. The number of anilines is 1. The highest BCUT2D eigenvalue weighted by Crippen LogP contribution is 2.19. The van der Waals surface area contributed by atoms with E-state index in [4.69, 9.17) is 5.73 Å². The smallest absolute Gasteiger partial charge is 0.151 e. The van der Waals surface area contributed by atoms with Gasteiger partial charge in [0, 0.05) is 18.1 Å². The molecule has 2 N–H and O–H groups in total. The highest BCUT2D eigenvalue weighted by molar-refractivity contribution is 5.82. The Hall–Kier alpha value is -1.58. The first-order chi connectivity index (χ1) is 5.68. The number of hydrogen-bond donors (Lipinski definition) is 1. The Morgan fingerprint density at radius 2 is 2.25 bits per heavy atom. The second kappa shape index (κ2) is 2.20. The molecule has 0 fully saturated rings. The molecule has 3 nitrogen and oxygen atoms in total. The molecule has 0 unspecified atom stereocenters. The summed E-state index contributed by atoms with van der Waals surface area (Å²) in [5.41, 5.74) is 6.37. The quantitative estimate of drug-likeness (QED) is 0.598. The van der Waals surface area contributed by atoms with Crippen molar-refractivity contribution in [1.82, 2.24) is 9.78 Å². The van der Waals surface area contributed by atoms with E-state index in [0.717, 1.165) is 5.39 Å². The van der Waals surface area contributed by atoms with Crippen LogP contribution in [0.15, 0.2) is 18.3 Å². The standard InChI is InChI=1S/C8H8FN3/c1-12-8-5(4-11-12)2-6(10)3-7(8)9/h2-4H,10H2,1H3. The van der Waals surface area contributed by atoms with E-state index in [1.54, 1.807) is 19.3 Å². The van der Waals surface area contributed by atoms with Gasteiger partial charge in [-0.05, 0) is 12.1 Å². The lowest BCUT2D eigenvalue weighted by atomic mass is 10.2. The maximum atomic E-state index is 13.2. The van der Waals surface area contributed by atoms with Gasteiger partial charge in [-0.2, -0.15) is 5.10 Å². The molecule has 0 atom stereocenters. The molecule has 0 saturated heterocycles. The van der Waals surface area contributed by atoms with Crippen LogP contribution in [0.1, 0.15) is 0 Å². The van der Waals surface area contributed by atoms with Crippen molar-refractivity contribution in [2.45, 2.75) is 0 Å². The maximum absolute atomic E-state index is 13.2. The number of fused-ring (bicyclic) bond motifs is 1. The molecule has 1 heterocycles. The first-order valence-corrected chi connectivity index (χ1v) is 3.55. The van der Waals surface area contributed by atoms with Crippen LogP contribution in [-0.2, 0) is 7.05 Å². The van der Waals surface area contributed by atoms with E-state index in [1.807, 2.05) is 0 Å². The molecule has 0 amide bonds. The Balaban J connectivity index is 2.93. The van der Waals surface area contributed by atoms with Gasteiger partial charge in [-0.3, -0.25) is 4.68 Å². The highest BCUT2D eigenvalue weighted by Gasteiger charge is 2.05. The van der Waals surface area contributed by atoms with Gasteiger partial charge < -0.3 is 5.73 Å². The van der Waals surface area contributed by atoms with E-state index in [0.29, 0.717) is 11.2 Å². The van der Waals surface area contributed by atoms with E-state index in [9.17, 15) is 4.39 Å². The monoisotopic (exact) mass is 165 g/mol. The summed E-state index contributed by atoms with van der Waals surface area (Å²) >= 11 is 0. The molecule has 0 radical (unpaired) electrons. The molecule has 1 aromatic carbocycles. The number of aryl methyl sites for hydroxylation is 1. The van der Waals surface area contributed by atoms with E-state index in [1.165, 1.54) is 10.7 Å². The van der Waals surface area contributed by atoms with Crippen LogP contribution in [0.25, 0.3) is 10.9 Å². The summed E-state index contributed by atoms with van der Waals surface area (Å²) < 4.78 is 14.7. The molecule has 0 aliphatic rings. The Labute approximate surface area is 68.6 Å². The van der Waals surface area contributed by atoms with Crippen LogP contribution in [0.2, 0.25) is 0 Å². The summed E-state index contributed by atoms with van der Waals surface area (Å²) in [7, 11) is 1.70. The number of aromatic nitrogens is 2. The minimum atomic E-state index is -0.329. The molecule has 1 aromatic heterocycles. The van der Waals surface area contributed by atoms with Crippen LogP contribution in [-0.4, -0.2) is 9.78 Å². The fourth-order valence-corrected chi connectivity index (χ4v) is 1.29. The molecule has 0 aliphatic heterocycles. The van der Waals surface area contributed by atoms with Crippen LogP contribution in [0.3, 0.4) is 0 Å². The van der Waals surface area contributed by atoms with Crippen molar-refractivity contribution in [3.05, 3.63) is 24.1 Å². The zero-order valence-corrected chi connectivity index (χ0v) is 6.58. The molecule has 2 rings (SSSR count). The van der Waals surface area contributed by atoms with Crippen LogP contribution in [0.5, 0.6) is 0 Å². The Morgan fingerprint density at radius 3 is 3.00 bits per heavy atom. The van der Waals surface area contributed by atoms with Crippen LogP contribution >= 0.6 is 0 Å². The Bertz CT molecular complexity index is 433. The zero-order valence-electron chi connectivity index (χ0n) is 6.58. The number of rotatable bonds is 0. The molecule has 0 saturated carbocycles. The number of halogens is 1. The molecule has 12 heavy (non-hydrogen) atoms. The third kappa shape index (κ3) is 0.845. The summed E-state index contributed by atoms with van der Waals surface area (Å²) in [5, 5.41) is 4.65. The molecule has 62 valence electrons. The molecule has 0 aliphatic carbocycles. The van der Waals surface area contributed by atoms with Gasteiger partial charge in [-0.1, -0.05) is 0 Å². The summed E-state index contributed by atoms with van der Waals surface area (Å²) in [4.78, 5) is 0. The molecule has 4 heteroatoms. The minimum Gasteiger partial charge on any atom is -0.399 e. The van der Waals surface area contributed by atoms with Crippen molar-refractivity contribution >= 4 is 16.6 Å². The maximum Gasteiger partial charge on any atom is 0.151 e. The van der Waals surface area contributed by atoms with Gasteiger partial charge in [-0.15, -0.1) is 0 Å². The van der Waals surface area contributed by atoms with Gasteiger partial charge in [0.15, 0.2) is 5.82 Å². The van der Waals surface area contributed by atoms with Crippen LogP contribution in [0.4, 0.5) is 10.1 Å². The molecular weight excluding hydrogens is 157 g/mol. The lowest BCUT2D eigenvalue weighted by Crippen LogP contribution is -1.93. The summed E-state index contributed by atoms with van der Waals surface area (Å²) in [6, 6.07) is 3.00. The van der Waals surface area contributed by atoms with Crippen molar-refractivity contribution in [3.63, 3.8) is 0 Å². The topological polar surface area (TPSA) is 43.8 Å². The predicted octanol–water partition coefficient (Wildman–Crippen LogP) is 1.29. The van der Waals surface area contributed by atoms with Crippen molar-refractivity contribution < 1.29 is 4.39 Å². The second-order valence-corrected chi connectivity index (χ2v) is 2.71. The average Bonchev–Trinajstić information content (AvgIpc) is 2.31. The molecular formula is C8H8FN3. The van der Waals surface area contributed by atoms with Crippen LogP contribution < -0.4 is 5.73 Å². The lowest BCUT2D eigenvalue weighted by molar-refractivity contribution is 0.626. The summed E-state index contributed by atoms with van der Waals surface area (Å²) in [6.07, 6.45) is 1.59. The van der Waals surface area contributed by atoms with E-state index in [-0.39, 0.29) is 5.82 Å². The highest BCUT2D eigenvalue weighted by atomic mass is 19.1. The number of benzene rings is 1. The van der Waals surface area contributed by atoms with Gasteiger partial charge in [0.1, 0.15) is 5.52 Å². The van der Waals surface area contributed by atoms with E-state index < -0.39 is 0 Å². The first kappa shape index (κ1) is 7.09. The van der Waals surface area contributed by atoms with Gasteiger partial charge >= 0.3 is 0 Å². The van der Waals surface area contributed by atoms with Gasteiger partial charge in [0.05, 0.1) is 6.20 Å². The predicted molar refractivity (Wildman–Crippen MR) is 45.1 cm³/mol. The van der Waals surface area contributed by atoms with Gasteiger partial charge in [0.2, 0.25) is 0 Å². The fraction of sp³-hybridized carbons (Fsp3) is 0.125. The zero-order chi connectivity index (χ0) is 8.72. The van der Waals surface area contributed by atoms with Crippen LogP contribution in [0, 0.1) is 5.82 Å². The minimum absolute atomic E-state index is 0.329. The van der Waals surface area contributed by atoms with Gasteiger partial charge in [-0.25, -0.2) is 4.39 Å². The number of nitrogens with two attached hydrogens (primary N) is 1. The Morgan fingerprint density at radius 1 is 1.50 bits per heavy atom. The van der Waals surface area contributed by atoms with Crippen molar-refractivity contribution in [2.24, 2.45) is 7.05 Å². The first-order valence-electron chi connectivity index (χ1n) is 3.55. The largest absolute Gasteiger partial charge is 0.399 e. The van der Waals surface area contributed by atoms with Crippen molar-refractivity contribution in [1.29, 1.82) is 0 Å². The fourth-order valence-electron chi connectivity index (χ4n) is 1.29. The SMILES string of the molecule is Cn1ncc2cc(N)cc(F)c21. The molecule has 0 spiro atoms. The van der Waals surface area contributed by atoms with Crippen molar-refractivity contribution in [3.8, 4) is 0 Å². The lowest BCUT2D eigenvalue weighted by Gasteiger charge is -1.97. The second-order valence-electron chi connectivity index (χ2n) is 2.71. The molecule has 0 bridgehead atoms. The average molecular weight is 165 g/mol. The summed E-state index contributed by atoms with van der Waals surface area (Å²) in [6.45, 7) is 0. The van der Waals surface area contributed by atoms with Crippen molar-refractivity contribution in [2.75, 3.05) is 5.73 Å². The van der Waals surface area contributed by atoms with Gasteiger partial charge in [0.25, 0.3) is 0 Å².